The summed E-state index contributed by atoms with van der Waals surface area (Å²) in [5, 5.41) is 18.8. The van der Waals surface area contributed by atoms with Crippen LogP contribution in [0.25, 0.3) is 11.5 Å². The fourth-order valence-electron chi connectivity index (χ4n) is 3.16. The van der Waals surface area contributed by atoms with E-state index < -0.39 is 12.1 Å². The van der Waals surface area contributed by atoms with Crippen LogP contribution >= 0.6 is 0 Å². The zero-order valence-electron chi connectivity index (χ0n) is 18.0. The number of nitrogens with one attached hydrogen (secondary N) is 1. The highest BCUT2D eigenvalue weighted by atomic mass is 19.4. The number of rotatable bonds is 5. The molecule has 0 amide bonds. The van der Waals surface area contributed by atoms with Crippen molar-refractivity contribution in [1.82, 2.24) is 15.1 Å². The predicted molar refractivity (Wildman–Crippen MR) is 114 cm³/mol. The molecule has 11 heteroatoms. The van der Waals surface area contributed by atoms with Crippen molar-refractivity contribution in [1.29, 1.82) is 0 Å². The van der Waals surface area contributed by atoms with E-state index in [0.29, 0.717) is 18.5 Å². The quantitative estimate of drug-likeness (QED) is 0.574. The van der Waals surface area contributed by atoms with E-state index in [4.69, 9.17) is 19.1 Å². The lowest BCUT2D eigenvalue weighted by Crippen LogP contribution is -2.21. The molecule has 1 atom stereocenters. The van der Waals surface area contributed by atoms with Gasteiger partial charge in [-0.15, -0.1) is 5.10 Å². The summed E-state index contributed by atoms with van der Waals surface area (Å²) in [6.07, 6.45) is -4.23. The number of carboxylic acids is 1. The van der Waals surface area contributed by atoms with Gasteiger partial charge in [-0.1, -0.05) is 35.4 Å². The first-order valence-corrected chi connectivity index (χ1v) is 9.99. The highest BCUT2D eigenvalue weighted by molar-refractivity contribution is 5.73. The van der Waals surface area contributed by atoms with Gasteiger partial charge in [0.15, 0.2) is 0 Å². The maximum absolute atomic E-state index is 10.6. The molecular formula is C22H23F3N4O4. The van der Waals surface area contributed by atoms with Crippen LogP contribution in [0, 0.1) is 0 Å². The van der Waals surface area contributed by atoms with Crippen LogP contribution < -0.4 is 10.1 Å². The molecule has 0 bridgehead atoms. The van der Waals surface area contributed by atoms with Crippen molar-refractivity contribution >= 4 is 12.0 Å². The molecule has 0 spiro atoms. The number of halogens is 3. The van der Waals surface area contributed by atoms with Gasteiger partial charge in [-0.3, -0.25) is 0 Å². The van der Waals surface area contributed by atoms with Crippen LogP contribution in [0.4, 0.5) is 19.2 Å². The van der Waals surface area contributed by atoms with Crippen molar-refractivity contribution in [3.8, 4) is 17.2 Å². The third-order valence-electron chi connectivity index (χ3n) is 4.62. The van der Waals surface area contributed by atoms with Crippen LogP contribution in [0.5, 0.6) is 5.75 Å². The molecule has 2 aromatic carbocycles. The highest BCUT2D eigenvalue weighted by Gasteiger charge is 2.38. The Morgan fingerprint density at radius 3 is 2.45 bits per heavy atom. The summed E-state index contributed by atoms with van der Waals surface area (Å²) in [6.45, 7) is 1.57. The van der Waals surface area contributed by atoms with Crippen LogP contribution in [0.2, 0.25) is 0 Å². The standard InChI is InChI=1S/C20H22N4O2.C2HF3O2/c1-24(2)13-14-7-9-15(10-8-14)19-22-23-20(26-19)21-17-11-12-25-18-6-4-3-5-16(17)18;3-2(4,5)1(6)7/h3-10,17H,11-13H2,1-2H3,(H,21,23);(H,6,7). The number of hydrogen-bond donors (Lipinski definition) is 2. The Morgan fingerprint density at radius 2 is 1.82 bits per heavy atom. The summed E-state index contributed by atoms with van der Waals surface area (Å²) < 4.78 is 43.3. The van der Waals surface area contributed by atoms with E-state index in [1.165, 1.54) is 5.56 Å². The Kier molecular flexibility index (Phi) is 7.54. The van der Waals surface area contributed by atoms with Crippen LogP contribution in [-0.4, -0.2) is 53.1 Å². The van der Waals surface area contributed by atoms with E-state index in [0.717, 1.165) is 29.8 Å². The third-order valence-corrected chi connectivity index (χ3v) is 4.62. The van der Waals surface area contributed by atoms with Crippen molar-refractivity contribution in [2.24, 2.45) is 0 Å². The van der Waals surface area contributed by atoms with Gasteiger partial charge in [-0.2, -0.15) is 13.2 Å². The fraction of sp³-hybridized carbons (Fsp3) is 0.318. The van der Waals surface area contributed by atoms with Gasteiger partial charge < -0.3 is 24.5 Å². The molecule has 1 aromatic heterocycles. The van der Waals surface area contributed by atoms with E-state index in [9.17, 15) is 13.2 Å². The van der Waals surface area contributed by atoms with Crippen molar-refractivity contribution in [3.05, 3.63) is 59.7 Å². The molecule has 0 radical (unpaired) electrons. The number of benzene rings is 2. The molecule has 0 aliphatic carbocycles. The Morgan fingerprint density at radius 1 is 1.15 bits per heavy atom. The maximum Gasteiger partial charge on any atom is 0.490 e. The smallest absolute Gasteiger partial charge is 0.490 e. The molecule has 176 valence electrons. The van der Waals surface area contributed by atoms with Gasteiger partial charge in [0.2, 0.25) is 5.89 Å². The third kappa shape index (κ3) is 6.69. The number of carbonyl (C=O) groups is 1. The maximum atomic E-state index is 10.6. The summed E-state index contributed by atoms with van der Waals surface area (Å²) >= 11 is 0. The Hall–Kier alpha value is -3.60. The number of hydrogen-bond acceptors (Lipinski definition) is 7. The second-order valence-corrected chi connectivity index (χ2v) is 7.52. The lowest BCUT2D eigenvalue weighted by atomic mass is 10.0. The molecule has 8 nitrogen and oxygen atoms in total. The largest absolute Gasteiger partial charge is 0.493 e. The average Bonchev–Trinajstić information content (AvgIpc) is 3.22. The van der Waals surface area contributed by atoms with Gasteiger partial charge in [0.05, 0.1) is 12.6 Å². The SMILES string of the molecule is CN(C)Cc1ccc(-c2nnc(NC3CCOc4ccccc43)o2)cc1.O=C(O)C(F)(F)F. The number of alkyl halides is 3. The Bertz CT molecular complexity index is 1070. The summed E-state index contributed by atoms with van der Waals surface area (Å²) in [5.41, 5.74) is 3.28. The molecular weight excluding hydrogens is 441 g/mol. The molecule has 0 saturated heterocycles. The molecule has 4 rings (SSSR count). The van der Waals surface area contributed by atoms with E-state index in [-0.39, 0.29) is 6.04 Å². The summed E-state index contributed by atoms with van der Waals surface area (Å²) in [4.78, 5) is 11.0. The van der Waals surface area contributed by atoms with Crippen LogP contribution in [-0.2, 0) is 11.3 Å². The summed E-state index contributed by atoms with van der Waals surface area (Å²) in [6, 6.07) is 16.8. The minimum absolute atomic E-state index is 0.107. The summed E-state index contributed by atoms with van der Waals surface area (Å²) in [7, 11) is 4.11. The first kappa shape index (κ1) is 24.1. The van der Waals surface area contributed by atoms with Crippen molar-refractivity contribution in [3.63, 3.8) is 0 Å². The molecule has 1 aliphatic rings. The van der Waals surface area contributed by atoms with Gasteiger partial charge in [-0.25, -0.2) is 4.79 Å². The first-order chi connectivity index (χ1) is 15.6. The lowest BCUT2D eigenvalue weighted by molar-refractivity contribution is -0.192. The van der Waals surface area contributed by atoms with Crippen LogP contribution in [0.15, 0.2) is 52.9 Å². The van der Waals surface area contributed by atoms with Crippen LogP contribution in [0.3, 0.4) is 0 Å². The number of aliphatic carboxylic acids is 1. The number of ether oxygens (including phenoxy) is 1. The Balaban J connectivity index is 0.000000383. The van der Waals surface area contributed by atoms with E-state index >= 15 is 0 Å². The minimum atomic E-state index is -5.08. The monoisotopic (exact) mass is 464 g/mol. The van der Waals surface area contributed by atoms with Gasteiger partial charge in [0.1, 0.15) is 5.75 Å². The second-order valence-electron chi connectivity index (χ2n) is 7.52. The van der Waals surface area contributed by atoms with E-state index in [1.807, 2.05) is 30.3 Å². The number of para-hydroxylation sites is 1. The molecule has 33 heavy (non-hydrogen) atoms. The van der Waals surface area contributed by atoms with Crippen LogP contribution in [0.1, 0.15) is 23.6 Å². The first-order valence-electron chi connectivity index (χ1n) is 9.99. The molecule has 1 aliphatic heterocycles. The molecule has 1 unspecified atom stereocenters. The second kappa shape index (κ2) is 10.3. The Labute approximate surface area is 188 Å². The van der Waals surface area contributed by atoms with Gasteiger partial charge in [0.25, 0.3) is 0 Å². The van der Waals surface area contributed by atoms with Crippen molar-refractivity contribution < 1.29 is 32.2 Å². The number of carboxylic acid groups (broad SMARTS) is 1. The normalized spacial score (nSPS) is 15.2. The fourth-order valence-corrected chi connectivity index (χ4v) is 3.16. The average molecular weight is 464 g/mol. The van der Waals surface area contributed by atoms with E-state index in [1.54, 1.807) is 0 Å². The van der Waals surface area contributed by atoms with Gasteiger partial charge >= 0.3 is 18.2 Å². The van der Waals surface area contributed by atoms with Gasteiger partial charge in [-0.05, 0) is 37.9 Å². The number of anilines is 1. The molecule has 0 fully saturated rings. The zero-order chi connectivity index (χ0) is 24.0. The number of nitrogens with zero attached hydrogens (tertiary/aromatic N) is 3. The highest BCUT2D eigenvalue weighted by Crippen LogP contribution is 2.34. The molecule has 2 N–H and O–H groups in total. The molecule has 0 saturated carbocycles. The lowest BCUT2D eigenvalue weighted by Gasteiger charge is -2.25. The van der Waals surface area contributed by atoms with Crippen molar-refractivity contribution in [2.45, 2.75) is 25.2 Å². The predicted octanol–water partition coefficient (Wildman–Crippen LogP) is 4.37. The summed E-state index contributed by atoms with van der Waals surface area (Å²) in [5.74, 6) is -1.33. The van der Waals surface area contributed by atoms with Gasteiger partial charge in [0, 0.05) is 24.1 Å². The van der Waals surface area contributed by atoms with Crippen molar-refractivity contribution in [2.75, 3.05) is 26.0 Å². The topological polar surface area (TPSA) is 101 Å². The number of aromatic nitrogens is 2. The van der Waals surface area contributed by atoms with E-state index in [2.05, 4.69) is 52.7 Å². The zero-order valence-corrected chi connectivity index (χ0v) is 18.0. The number of fused-ring (bicyclic) bond motifs is 1. The minimum Gasteiger partial charge on any atom is -0.493 e. The molecule has 3 aromatic rings. The molecule has 2 heterocycles.